The van der Waals surface area contributed by atoms with E-state index < -0.39 is 0 Å². The van der Waals surface area contributed by atoms with Gasteiger partial charge in [-0.25, -0.2) is 9.97 Å². The van der Waals surface area contributed by atoms with Gasteiger partial charge in [0, 0.05) is 6.07 Å². The van der Waals surface area contributed by atoms with Crippen LogP contribution in [0.5, 0.6) is 0 Å². The monoisotopic (exact) mass is 169 g/mol. The Balaban J connectivity index is 2.89. The van der Waals surface area contributed by atoms with E-state index in [9.17, 15) is 0 Å². The van der Waals surface area contributed by atoms with Gasteiger partial charge in [0.25, 0.3) is 0 Å². The molecule has 1 rings (SSSR count). The molecule has 0 unspecified atom stereocenters. The molecule has 0 aromatic carbocycles. The van der Waals surface area contributed by atoms with Crippen molar-refractivity contribution in [3.05, 3.63) is 11.9 Å². The van der Waals surface area contributed by atoms with Gasteiger partial charge in [-0.1, -0.05) is 6.92 Å². The average Bonchev–Trinajstić information content (AvgIpc) is 1.85. The van der Waals surface area contributed by atoms with Crippen LogP contribution < -0.4 is 5.73 Å². The smallest absolute Gasteiger partial charge is 0.128 e. The summed E-state index contributed by atoms with van der Waals surface area (Å²) in [4.78, 5) is 8.17. The lowest BCUT2D eigenvalue weighted by Crippen LogP contribution is -1.96. The molecular formula is C7H11N3S. The molecular weight excluding hydrogens is 158 g/mol. The molecule has 0 fully saturated rings. The molecule has 0 aliphatic rings. The molecule has 0 amide bonds. The number of nitrogens with two attached hydrogens (primary N) is 1. The van der Waals surface area contributed by atoms with Crippen LogP contribution in [0.1, 0.15) is 12.7 Å². The van der Waals surface area contributed by atoms with E-state index in [4.69, 9.17) is 5.73 Å². The highest BCUT2D eigenvalue weighted by Crippen LogP contribution is 2.15. The zero-order valence-electron chi connectivity index (χ0n) is 6.66. The Morgan fingerprint density at radius 3 is 2.82 bits per heavy atom. The average molecular weight is 169 g/mol. The summed E-state index contributed by atoms with van der Waals surface area (Å²) in [6.45, 7) is 3.92. The van der Waals surface area contributed by atoms with E-state index in [-0.39, 0.29) is 0 Å². The minimum absolute atomic E-state index is 0.549. The topological polar surface area (TPSA) is 51.8 Å². The van der Waals surface area contributed by atoms with Crippen molar-refractivity contribution in [2.75, 3.05) is 11.5 Å². The molecule has 2 N–H and O–H groups in total. The summed E-state index contributed by atoms with van der Waals surface area (Å²) in [5, 5.41) is 0.956. The van der Waals surface area contributed by atoms with E-state index in [1.165, 1.54) is 0 Å². The predicted octanol–water partition coefficient (Wildman–Crippen LogP) is 1.48. The maximum absolute atomic E-state index is 5.53. The molecule has 60 valence electrons. The van der Waals surface area contributed by atoms with Crippen LogP contribution in [0.15, 0.2) is 11.1 Å². The van der Waals surface area contributed by atoms with Crippen molar-refractivity contribution in [3.63, 3.8) is 0 Å². The summed E-state index contributed by atoms with van der Waals surface area (Å²) in [6.07, 6.45) is 0. The van der Waals surface area contributed by atoms with Crippen molar-refractivity contribution in [1.82, 2.24) is 9.97 Å². The second kappa shape index (κ2) is 3.57. The number of rotatable bonds is 2. The summed E-state index contributed by atoms with van der Waals surface area (Å²) >= 11 is 1.67. The van der Waals surface area contributed by atoms with Gasteiger partial charge in [0.2, 0.25) is 0 Å². The third kappa shape index (κ3) is 2.38. The van der Waals surface area contributed by atoms with E-state index in [0.717, 1.165) is 16.6 Å². The first-order valence-electron chi connectivity index (χ1n) is 3.46. The summed E-state index contributed by atoms with van der Waals surface area (Å²) in [7, 11) is 0. The van der Waals surface area contributed by atoms with Crippen LogP contribution in [0.25, 0.3) is 0 Å². The minimum atomic E-state index is 0.549. The van der Waals surface area contributed by atoms with Crippen molar-refractivity contribution in [2.45, 2.75) is 18.9 Å². The second-order valence-corrected chi connectivity index (χ2v) is 3.40. The number of nitrogen functional groups attached to an aromatic ring is 1. The van der Waals surface area contributed by atoms with Crippen molar-refractivity contribution < 1.29 is 0 Å². The normalized spacial score (nSPS) is 10.0. The lowest BCUT2D eigenvalue weighted by molar-refractivity contribution is 0.975. The Labute approximate surface area is 70.4 Å². The number of aryl methyl sites for hydroxylation is 1. The molecule has 0 aliphatic heterocycles. The number of aromatic nitrogens is 2. The van der Waals surface area contributed by atoms with Gasteiger partial charge in [-0.05, 0) is 12.7 Å². The fourth-order valence-electron chi connectivity index (χ4n) is 0.784. The summed E-state index contributed by atoms with van der Waals surface area (Å²) < 4.78 is 0. The molecule has 3 nitrogen and oxygen atoms in total. The number of hydrogen-bond acceptors (Lipinski definition) is 4. The zero-order valence-corrected chi connectivity index (χ0v) is 7.48. The molecule has 1 heterocycles. The van der Waals surface area contributed by atoms with Gasteiger partial charge in [-0.2, -0.15) is 0 Å². The molecule has 1 aromatic heterocycles. The predicted molar refractivity (Wildman–Crippen MR) is 47.6 cm³/mol. The molecule has 11 heavy (non-hydrogen) atoms. The van der Waals surface area contributed by atoms with Crippen molar-refractivity contribution >= 4 is 17.6 Å². The second-order valence-electron chi connectivity index (χ2n) is 2.11. The highest BCUT2D eigenvalue weighted by Gasteiger charge is 1.97. The van der Waals surface area contributed by atoms with E-state index >= 15 is 0 Å². The molecule has 0 atom stereocenters. The maximum atomic E-state index is 5.53. The van der Waals surface area contributed by atoms with Crippen LogP contribution in [-0.2, 0) is 0 Å². The van der Waals surface area contributed by atoms with Crippen molar-refractivity contribution in [3.8, 4) is 0 Å². The quantitative estimate of drug-likeness (QED) is 0.538. The van der Waals surface area contributed by atoms with Crippen LogP contribution in [0.3, 0.4) is 0 Å². The van der Waals surface area contributed by atoms with Gasteiger partial charge in [-0.3, -0.25) is 0 Å². The Kier molecular flexibility index (Phi) is 2.70. The Morgan fingerprint density at radius 2 is 2.27 bits per heavy atom. The van der Waals surface area contributed by atoms with Gasteiger partial charge >= 0.3 is 0 Å². The van der Waals surface area contributed by atoms with E-state index in [0.29, 0.717) is 5.82 Å². The van der Waals surface area contributed by atoms with Gasteiger partial charge in [0.05, 0.1) is 0 Å². The Bertz CT molecular complexity index is 229. The van der Waals surface area contributed by atoms with Gasteiger partial charge < -0.3 is 5.73 Å². The van der Waals surface area contributed by atoms with E-state index in [1.54, 1.807) is 17.8 Å². The number of anilines is 1. The summed E-state index contributed by atoms with van der Waals surface area (Å²) in [6, 6.07) is 1.79. The fraction of sp³-hybridized carbons (Fsp3) is 0.429. The van der Waals surface area contributed by atoms with E-state index in [1.807, 2.05) is 6.92 Å². The number of nitrogens with zero attached hydrogens (tertiary/aromatic N) is 2. The fourth-order valence-corrected chi connectivity index (χ4v) is 1.48. The van der Waals surface area contributed by atoms with Crippen LogP contribution >= 0.6 is 11.8 Å². The summed E-state index contributed by atoms with van der Waals surface area (Å²) in [5.41, 5.74) is 5.53. The van der Waals surface area contributed by atoms with Gasteiger partial charge in [0.1, 0.15) is 16.7 Å². The van der Waals surface area contributed by atoms with Crippen LogP contribution in [0, 0.1) is 6.92 Å². The van der Waals surface area contributed by atoms with E-state index in [2.05, 4.69) is 16.9 Å². The molecule has 0 bridgehead atoms. The van der Waals surface area contributed by atoms with Crippen LogP contribution in [-0.4, -0.2) is 15.7 Å². The van der Waals surface area contributed by atoms with Gasteiger partial charge in [-0.15, -0.1) is 11.8 Å². The first kappa shape index (κ1) is 8.33. The molecule has 0 saturated heterocycles. The van der Waals surface area contributed by atoms with Crippen molar-refractivity contribution in [1.29, 1.82) is 0 Å². The first-order valence-corrected chi connectivity index (χ1v) is 4.45. The SMILES string of the molecule is CCSc1cc(N)nc(C)n1. The third-order valence-corrected chi connectivity index (χ3v) is 1.92. The Hall–Kier alpha value is -0.770. The largest absolute Gasteiger partial charge is 0.384 e. The molecule has 1 aromatic rings. The molecule has 0 saturated carbocycles. The van der Waals surface area contributed by atoms with Crippen LogP contribution in [0.4, 0.5) is 5.82 Å². The summed E-state index contributed by atoms with van der Waals surface area (Å²) in [5.74, 6) is 2.30. The molecule has 4 heteroatoms. The van der Waals surface area contributed by atoms with Gasteiger partial charge in [0.15, 0.2) is 0 Å². The Morgan fingerprint density at radius 1 is 1.55 bits per heavy atom. The van der Waals surface area contributed by atoms with Crippen LogP contribution in [0.2, 0.25) is 0 Å². The lowest BCUT2D eigenvalue weighted by Gasteiger charge is -1.99. The van der Waals surface area contributed by atoms with Crippen molar-refractivity contribution in [2.24, 2.45) is 0 Å². The molecule has 0 radical (unpaired) electrons. The standard InChI is InChI=1S/C7H11N3S/c1-3-11-7-4-6(8)9-5(2)10-7/h4H,3H2,1-2H3,(H2,8,9,10). The zero-order chi connectivity index (χ0) is 8.27. The highest BCUT2D eigenvalue weighted by molar-refractivity contribution is 7.99. The molecule has 0 spiro atoms. The first-order chi connectivity index (χ1) is 5.22. The number of hydrogen-bond donors (Lipinski definition) is 1. The lowest BCUT2D eigenvalue weighted by atomic mass is 10.5. The maximum Gasteiger partial charge on any atom is 0.128 e. The third-order valence-electron chi connectivity index (χ3n) is 1.13. The highest BCUT2D eigenvalue weighted by atomic mass is 32.2. The number of thioether (sulfide) groups is 1. The minimum Gasteiger partial charge on any atom is -0.384 e. The molecule has 0 aliphatic carbocycles.